The van der Waals surface area contributed by atoms with Crippen LogP contribution in [0.25, 0.3) is 22.0 Å². The molecule has 9 heteroatoms. The summed E-state index contributed by atoms with van der Waals surface area (Å²) in [6, 6.07) is 17.8. The molecule has 0 spiro atoms. The number of rotatable bonds is 7. The maximum atomic E-state index is 13.1. The van der Waals surface area contributed by atoms with E-state index in [1.165, 1.54) is 19.4 Å². The summed E-state index contributed by atoms with van der Waals surface area (Å²) in [5.41, 5.74) is 5.59. The number of methoxy groups -OCH3 is 2. The van der Waals surface area contributed by atoms with E-state index in [1.54, 1.807) is 32.2 Å². The first-order valence-electron chi connectivity index (χ1n) is 10.3. The van der Waals surface area contributed by atoms with Crippen LogP contribution in [0.15, 0.2) is 65.8 Å². The number of hydrogen-bond acceptors (Lipinski definition) is 6. The van der Waals surface area contributed by atoms with Crippen molar-refractivity contribution in [3.05, 3.63) is 87.6 Å². The van der Waals surface area contributed by atoms with Gasteiger partial charge in [0.15, 0.2) is 11.5 Å². The highest BCUT2D eigenvalue weighted by molar-refractivity contribution is 6.11. The van der Waals surface area contributed by atoms with Crippen molar-refractivity contribution in [3.8, 4) is 22.6 Å². The number of hydrazone groups is 1. The lowest BCUT2D eigenvalue weighted by atomic mass is 10.00. The van der Waals surface area contributed by atoms with Crippen molar-refractivity contribution in [2.24, 2.45) is 5.10 Å². The molecule has 4 rings (SSSR count). The Morgan fingerprint density at radius 1 is 1.06 bits per heavy atom. The second-order valence-electron chi connectivity index (χ2n) is 7.52. The number of carbonyl (C=O) groups is 1. The van der Waals surface area contributed by atoms with Gasteiger partial charge >= 0.3 is 0 Å². The number of nitro benzene ring substituents is 1. The minimum atomic E-state index is -0.529. The molecular formula is C25H22N4O5. The molecule has 2 N–H and O–H groups in total. The first kappa shape index (κ1) is 22.5. The van der Waals surface area contributed by atoms with Crippen molar-refractivity contribution >= 4 is 28.7 Å². The molecule has 4 aromatic rings. The number of aryl methyl sites for hydroxylation is 1. The van der Waals surface area contributed by atoms with Crippen molar-refractivity contribution < 1.29 is 19.2 Å². The summed E-state index contributed by atoms with van der Waals surface area (Å²) in [7, 11) is 3.07. The zero-order chi connectivity index (χ0) is 24.2. The van der Waals surface area contributed by atoms with Gasteiger partial charge in [0, 0.05) is 17.0 Å². The Morgan fingerprint density at radius 3 is 2.47 bits per heavy atom. The third-order valence-electron chi connectivity index (χ3n) is 5.30. The standard InChI is InChI=1S/C25H22N4O5/c1-15-11-18-22(17-7-5-4-6-8-17)24(27-23(18)19(12-15)29(31)32)25(30)28-26-14-16-9-10-20(33-2)21(13-16)34-3/h4-14,27H,1-3H3,(H,28,30). The van der Waals surface area contributed by atoms with E-state index in [1.807, 2.05) is 36.4 Å². The van der Waals surface area contributed by atoms with Crippen molar-refractivity contribution in [1.29, 1.82) is 0 Å². The molecule has 0 aliphatic carbocycles. The predicted molar refractivity (Wildman–Crippen MR) is 130 cm³/mol. The van der Waals surface area contributed by atoms with Gasteiger partial charge in [-0.25, -0.2) is 5.43 Å². The number of amides is 1. The van der Waals surface area contributed by atoms with E-state index in [0.29, 0.717) is 33.6 Å². The van der Waals surface area contributed by atoms with Crippen LogP contribution in [0, 0.1) is 17.0 Å². The molecule has 1 heterocycles. The number of hydrogen-bond donors (Lipinski definition) is 2. The van der Waals surface area contributed by atoms with Crippen LogP contribution >= 0.6 is 0 Å². The molecule has 0 aliphatic rings. The first-order chi connectivity index (χ1) is 16.4. The van der Waals surface area contributed by atoms with Crippen molar-refractivity contribution in [3.63, 3.8) is 0 Å². The number of benzene rings is 3. The predicted octanol–water partition coefficient (Wildman–Crippen LogP) is 4.83. The Bertz CT molecular complexity index is 1410. The third-order valence-corrected chi connectivity index (χ3v) is 5.30. The van der Waals surface area contributed by atoms with Crippen molar-refractivity contribution in [2.75, 3.05) is 14.2 Å². The average Bonchev–Trinajstić information content (AvgIpc) is 3.23. The lowest BCUT2D eigenvalue weighted by Crippen LogP contribution is -2.18. The van der Waals surface area contributed by atoms with Crippen LogP contribution in [0.3, 0.4) is 0 Å². The normalized spacial score (nSPS) is 11.0. The molecule has 172 valence electrons. The molecule has 0 fully saturated rings. The molecule has 9 nitrogen and oxygen atoms in total. The van der Waals surface area contributed by atoms with E-state index >= 15 is 0 Å². The van der Waals surface area contributed by atoms with E-state index in [0.717, 1.165) is 5.56 Å². The van der Waals surface area contributed by atoms with E-state index < -0.39 is 10.8 Å². The molecule has 0 aliphatic heterocycles. The van der Waals surface area contributed by atoms with Gasteiger partial charge in [-0.05, 0) is 47.9 Å². The lowest BCUT2D eigenvalue weighted by molar-refractivity contribution is -0.383. The topological polar surface area (TPSA) is 119 Å². The number of carbonyl (C=O) groups excluding carboxylic acids is 1. The smallest absolute Gasteiger partial charge is 0.293 e. The first-order valence-corrected chi connectivity index (χ1v) is 10.3. The summed E-state index contributed by atoms with van der Waals surface area (Å²) in [6.07, 6.45) is 1.47. The second-order valence-corrected chi connectivity index (χ2v) is 7.52. The number of H-pyrrole nitrogens is 1. The maximum Gasteiger partial charge on any atom is 0.293 e. The van der Waals surface area contributed by atoms with Gasteiger partial charge in [0.25, 0.3) is 11.6 Å². The monoisotopic (exact) mass is 458 g/mol. The minimum Gasteiger partial charge on any atom is -0.493 e. The summed E-state index contributed by atoms with van der Waals surface area (Å²) in [5.74, 6) is 0.576. The SMILES string of the molecule is COc1ccc(C=NNC(=O)c2[nH]c3c([N+](=O)[O-])cc(C)cc3c2-c2ccccc2)cc1OC. The molecule has 1 amide bonds. The second kappa shape index (κ2) is 9.45. The van der Waals surface area contributed by atoms with Gasteiger partial charge in [-0.2, -0.15) is 5.10 Å². The number of fused-ring (bicyclic) bond motifs is 1. The number of nitrogens with zero attached hydrogens (tertiary/aromatic N) is 2. The fraction of sp³-hybridized carbons (Fsp3) is 0.120. The molecule has 0 saturated carbocycles. The summed E-state index contributed by atoms with van der Waals surface area (Å²) >= 11 is 0. The summed E-state index contributed by atoms with van der Waals surface area (Å²) < 4.78 is 10.5. The Balaban J connectivity index is 1.73. The Morgan fingerprint density at radius 2 is 1.79 bits per heavy atom. The van der Waals surface area contributed by atoms with Crippen molar-refractivity contribution in [1.82, 2.24) is 10.4 Å². The molecule has 0 unspecified atom stereocenters. The quantitative estimate of drug-likeness (QED) is 0.233. The number of aromatic amines is 1. The Labute approximate surface area is 195 Å². The van der Waals surface area contributed by atoms with Crippen LogP contribution in [0.2, 0.25) is 0 Å². The van der Waals surface area contributed by atoms with Crippen LogP contribution in [0.1, 0.15) is 21.6 Å². The highest BCUT2D eigenvalue weighted by atomic mass is 16.6. The number of aromatic nitrogens is 1. The van der Waals surface area contributed by atoms with E-state index in [-0.39, 0.29) is 16.9 Å². The van der Waals surface area contributed by atoms with E-state index in [4.69, 9.17) is 9.47 Å². The van der Waals surface area contributed by atoms with Gasteiger partial charge in [0.2, 0.25) is 0 Å². The van der Waals surface area contributed by atoms with Gasteiger partial charge in [-0.15, -0.1) is 0 Å². The van der Waals surface area contributed by atoms with E-state index in [2.05, 4.69) is 15.5 Å². The lowest BCUT2D eigenvalue weighted by Gasteiger charge is -2.07. The zero-order valence-electron chi connectivity index (χ0n) is 18.8. The van der Waals surface area contributed by atoms with Crippen LogP contribution in [-0.2, 0) is 0 Å². The maximum absolute atomic E-state index is 13.1. The third kappa shape index (κ3) is 4.31. The average molecular weight is 458 g/mol. The molecule has 3 aromatic carbocycles. The number of nitrogens with one attached hydrogen (secondary N) is 2. The largest absolute Gasteiger partial charge is 0.493 e. The minimum absolute atomic E-state index is 0.0972. The molecule has 0 atom stereocenters. The van der Waals surface area contributed by atoms with Gasteiger partial charge in [-0.3, -0.25) is 14.9 Å². The van der Waals surface area contributed by atoms with Crippen LogP contribution in [0.5, 0.6) is 11.5 Å². The van der Waals surface area contributed by atoms with Gasteiger partial charge < -0.3 is 14.5 Å². The van der Waals surface area contributed by atoms with E-state index in [9.17, 15) is 14.9 Å². The summed E-state index contributed by atoms with van der Waals surface area (Å²) in [4.78, 5) is 27.3. The van der Waals surface area contributed by atoms with Gasteiger partial charge in [0.05, 0.1) is 25.4 Å². The van der Waals surface area contributed by atoms with Crippen LogP contribution < -0.4 is 14.9 Å². The number of non-ortho nitro benzene ring substituents is 1. The van der Waals surface area contributed by atoms with Crippen molar-refractivity contribution in [2.45, 2.75) is 6.92 Å². The fourth-order valence-electron chi connectivity index (χ4n) is 3.79. The molecule has 0 radical (unpaired) electrons. The summed E-state index contributed by atoms with van der Waals surface area (Å²) in [6.45, 7) is 1.78. The molecule has 0 bridgehead atoms. The van der Waals surface area contributed by atoms with Crippen LogP contribution in [-0.4, -0.2) is 36.2 Å². The van der Waals surface area contributed by atoms with Gasteiger partial charge in [0.1, 0.15) is 11.2 Å². The number of nitro groups is 1. The molecule has 34 heavy (non-hydrogen) atoms. The molecular weight excluding hydrogens is 436 g/mol. The Kier molecular flexibility index (Phi) is 6.26. The molecule has 1 aromatic heterocycles. The number of ether oxygens (including phenoxy) is 2. The Hall–Kier alpha value is -4.66. The summed E-state index contributed by atoms with van der Waals surface area (Å²) in [5, 5.41) is 16.3. The van der Waals surface area contributed by atoms with Gasteiger partial charge in [-0.1, -0.05) is 30.3 Å². The highest BCUT2D eigenvalue weighted by Gasteiger charge is 2.24. The fourth-order valence-corrected chi connectivity index (χ4v) is 3.79. The highest BCUT2D eigenvalue weighted by Crippen LogP contribution is 2.37. The molecule has 0 saturated heterocycles. The van der Waals surface area contributed by atoms with Crippen LogP contribution in [0.4, 0.5) is 5.69 Å². The zero-order valence-corrected chi connectivity index (χ0v) is 18.8.